The molecule has 0 amide bonds. The third-order valence-corrected chi connectivity index (χ3v) is 6.41. The van der Waals surface area contributed by atoms with Gasteiger partial charge in [-0.25, -0.2) is 22.0 Å². The average Bonchev–Trinajstić information content (AvgIpc) is 2.97. The van der Waals surface area contributed by atoms with Crippen molar-refractivity contribution in [1.82, 2.24) is 0 Å². The number of fused-ring (bicyclic) bond motifs is 2. The van der Waals surface area contributed by atoms with Crippen molar-refractivity contribution in [1.29, 1.82) is 0 Å². The largest absolute Gasteiger partial charge is 0.485 e. The number of Topliss-reactive ketones (excluding diaryl/α,β-unsaturated/α-hetero) is 2. The topological polar surface area (TPSA) is 43.4 Å². The molecule has 0 radical (unpaired) electrons. The number of ketones is 2. The van der Waals surface area contributed by atoms with E-state index in [1.165, 1.54) is 19.9 Å². The number of ether oxygens (including phenoxy) is 1. The summed E-state index contributed by atoms with van der Waals surface area (Å²) in [5.41, 5.74) is -0.981. The van der Waals surface area contributed by atoms with Gasteiger partial charge in [0.2, 0.25) is 17.4 Å². The summed E-state index contributed by atoms with van der Waals surface area (Å²) < 4.78 is 74.8. The number of thioether (sulfide) groups is 1. The Kier molecular flexibility index (Phi) is 4.34. The van der Waals surface area contributed by atoms with Crippen molar-refractivity contribution >= 4 is 29.1 Å². The summed E-state index contributed by atoms with van der Waals surface area (Å²) in [5, 5.41) is -1.18. The highest BCUT2D eigenvalue weighted by Crippen LogP contribution is 2.51. The van der Waals surface area contributed by atoms with E-state index in [4.69, 9.17) is 4.74 Å². The first-order chi connectivity index (χ1) is 13.6. The van der Waals surface area contributed by atoms with Crippen LogP contribution >= 0.6 is 11.8 Å². The maximum absolute atomic E-state index is 14.2. The number of carbonyl (C=O) groups excluding carboxylic acids is 2. The van der Waals surface area contributed by atoms with Crippen LogP contribution in [0.4, 0.5) is 22.0 Å². The molecule has 0 saturated carbocycles. The molecule has 0 fully saturated rings. The summed E-state index contributed by atoms with van der Waals surface area (Å²) in [6.07, 6.45) is 0. The molecule has 2 aromatic carbocycles. The summed E-state index contributed by atoms with van der Waals surface area (Å²) in [6.45, 7) is 2.99. The minimum atomic E-state index is -2.27. The molecule has 1 aliphatic carbocycles. The number of carbonyl (C=O) groups is 2. The fourth-order valence-electron chi connectivity index (χ4n) is 3.39. The van der Waals surface area contributed by atoms with Gasteiger partial charge >= 0.3 is 0 Å². The Morgan fingerprint density at radius 2 is 1.34 bits per heavy atom. The summed E-state index contributed by atoms with van der Waals surface area (Å²) in [4.78, 5) is 24.1. The molecule has 1 atom stereocenters. The van der Waals surface area contributed by atoms with Crippen molar-refractivity contribution in [2.45, 2.75) is 29.6 Å². The fourth-order valence-corrected chi connectivity index (χ4v) is 4.68. The van der Waals surface area contributed by atoms with Crippen molar-refractivity contribution in [2.75, 3.05) is 0 Å². The lowest BCUT2D eigenvalue weighted by Gasteiger charge is -2.27. The molecule has 1 unspecified atom stereocenters. The highest BCUT2D eigenvalue weighted by atomic mass is 32.2. The Bertz CT molecular complexity index is 1110. The Morgan fingerprint density at radius 3 is 1.93 bits per heavy atom. The minimum absolute atomic E-state index is 0.0663. The van der Waals surface area contributed by atoms with E-state index in [1.54, 1.807) is 18.2 Å². The maximum atomic E-state index is 14.2. The molecule has 0 aromatic heterocycles. The lowest BCUT2D eigenvalue weighted by Crippen LogP contribution is -2.35. The third-order valence-electron chi connectivity index (χ3n) is 4.78. The number of halogens is 5. The maximum Gasteiger partial charge on any atom is 0.234 e. The molecule has 0 bridgehead atoms. The van der Waals surface area contributed by atoms with Gasteiger partial charge in [0, 0.05) is 11.1 Å². The van der Waals surface area contributed by atoms with Crippen LogP contribution in [0.1, 0.15) is 29.8 Å². The van der Waals surface area contributed by atoms with E-state index in [0.29, 0.717) is 5.56 Å². The first-order valence-electron chi connectivity index (χ1n) is 8.36. The number of benzene rings is 2. The quantitative estimate of drug-likeness (QED) is 0.299. The lowest BCUT2D eigenvalue weighted by molar-refractivity contribution is -0.112. The summed E-state index contributed by atoms with van der Waals surface area (Å²) in [7, 11) is 0. The van der Waals surface area contributed by atoms with Gasteiger partial charge in [-0.1, -0.05) is 24.3 Å². The molecule has 2 aromatic rings. The van der Waals surface area contributed by atoms with Gasteiger partial charge in [0.15, 0.2) is 23.3 Å². The third kappa shape index (κ3) is 2.71. The fraction of sp³-hybridized carbons (Fsp3) is 0.200. The summed E-state index contributed by atoms with van der Waals surface area (Å²) >= 11 is 0.262. The second-order valence-electron chi connectivity index (χ2n) is 7.05. The number of hydrogen-bond donors (Lipinski definition) is 0. The van der Waals surface area contributed by atoms with Crippen LogP contribution < -0.4 is 0 Å². The van der Waals surface area contributed by atoms with Gasteiger partial charge in [0.1, 0.15) is 11.4 Å². The molecule has 4 rings (SSSR count). The van der Waals surface area contributed by atoms with E-state index in [-0.39, 0.29) is 28.7 Å². The molecule has 1 heterocycles. The highest BCUT2D eigenvalue weighted by Gasteiger charge is 2.51. The molecule has 0 saturated heterocycles. The summed E-state index contributed by atoms with van der Waals surface area (Å²) in [5.74, 6) is -12.2. The van der Waals surface area contributed by atoms with E-state index < -0.39 is 56.4 Å². The van der Waals surface area contributed by atoms with Gasteiger partial charge in [0.05, 0.1) is 15.7 Å². The minimum Gasteiger partial charge on any atom is -0.485 e. The lowest BCUT2D eigenvalue weighted by atomic mass is 9.86. The van der Waals surface area contributed by atoms with E-state index in [0.717, 1.165) is 0 Å². The zero-order chi connectivity index (χ0) is 21.2. The van der Waals surface area contributed by atoms with Crippen LogP contribution in [0.5, 0.6) is 0 Å². The molecule has 9 heteroatoms. The predicted molar refractivity (Wildman–Crippen MR) is 93.7 cm³/mol. The Morgan fingerprint density at radius 1 is 0.828 bits per heavy atom. The van der Waals surface area contributed by atoms with Gasteiger partial charge in [-0.3, -0.25) is 9.59 Å². The monoisotopic (exact) mass is 426 g/mol. The van der Waals surface area contributed by atoms with Crippen molar-refractivity contribution < 1.29 is 36.3 Å². The smallest absolute Gasteiger partial charge is 0.234 e. The standard InChI is InChI=1S/C20H11F5O3S/c1-20(2)19(29-18-13(24)11(22)10(21)12(23)14(18)25)9-16(27)15(26)7-5-3-4-6-8(7)17(9)28-20/h3-6,19H,1-2H3. The second-order valence-corrected chi connectivity index (χ2v) is 8.16. The first kappa shape index (κ1) is 19.6. The van der Waals surface area contributed by atoms with E-state index >= 15 is 0 Å². The van der Waals surface area contributed by atoms with Crippen molar-refractivity contribution in [3.63, 3.8) is 0 Å². The molecule has 1 aliphatic heterocycles. The van der Waals surface area contributed by atoms with Crippen molar-refractivity contribution in [3.05, 3.63) is 70.1 Å². The second kappa shape index (κ2) is 6.41. The van der Waals surface area contributed by atoms with Gasteiger partial charge in [-0.15, -0.1) is 11.8 Å². The highest BCUT2D eigenvalue weighted by molar-refractivity contribution is 8.00. The molecule has 0 N–H and O–H groups in total. The Hall–Kier alpha value is -2.68. The van der Waals surface area contributed by atoms with E-state index in [1.807, 2.05) is 0 Å². The Labute approximate surface area is 165 Å². The molecular weight excluding hydrogens is 415 g/mol. The normalized spacial score (nSPS) is 19.9. The molecular formula is C20H11F5O3S. The molecule has 2 aliphatic rings. The zero-order valence-electron chi connectivity index (χ0n) is 14.9. The molecule has 0 spiro atoms. The van der Waals surface area contributed by atoms with Gasteiger partial charge < -0.3 is 4.74 Å². The van der Waals surface area contributed by atoms with Crippen LogP contribution in [0.15, 0.2) is 34.7 Å². The van der Waals surface area contributed by atoms with Gasteiger partial charge in [-0.05, 0) is 13.8 Å². The number of rotatable bonds is 2. The van der Waals surface area contributed by atoms with Crippen LogP contribution in [0, 0.1) is 29.1 Å². The predicted octanol–water partition coefficient (Wildman–Crippen LogP) is 4.83. The molecule has 150 valence electrons. The van der Waals surface area contributed by atoms with Crippen molar-refractivity contribution in [2.24, 2.45) is 0 Å². The Balaban J connectivity index is 1.89. The van der Waals surface area contributed by atoms with Gasteiger partial charge in [-0.2, -0.15) is 0 Å². The van der Waals surface area contributed by atoms with Crippen LogP contribution in [0.2, 0.25) is 0 Å². The number of hydrogen-bond acceptors (Lipinski definition) is 4. The first-order valence-corrected chi connectivity index (χ1v) is 9.24. The zero-order valence-corrected chi connectivity index (χ0v) is 15.7. The van der Waals surface area contributed by atoms with Crippen molar-refractivity contribution in [3.8, 4) is 0 Å². The molecule has 3 nitrogen and oxygen atoms in total. The van der Waals surface area contributed by atoms with Crippen LogP contribution in [0.3, 0.4) is 0 Å². The SMILES string of the molecule is CC1(C)OC2=C(C(=O)C(=O)c3ccccc32)C1Sc1c(F)c(F)c(F)c(F)c1F. The van der Waals surface area contributed by atoms with E-state index in [9.17, 15) is 31.5 Å². The molecule has 29 heavy (non-hydrogen) atoms. The van der Waals surface area contributed by atoms with Gasteiger partial charge in [0.25, 0.3) is 0 Å². The summed E-state index contributed by atoms with van der Waals surface area (Å²) in [6, 6.07) is 6.18. The van der Waals surface area contributed by atoms with Crippen LogP contribution in [0.25, 0.3) is 5.76 Å². The van der Waals surface area contributed by atoms with Crippen LogP contribution in [-0.2, 0) is 9.53 Å². The average molecular weight is 426 g/mol. The van der Waals surface area contributed by atoms with Crippen LogP contribution in [-0.4, -0.2) is 22.4 Å². The van der Waals surface area contributed by atoms with E-state index in [2.05, 4.69) is 0 Å².